The first-order valence-electron chi connectivity index (χ1n) is 6.31. The van der Waals surface area contributed by atoms with Crippen molar-refractivity contribution in [1.82, 2.24) is 0 Å². The van der Waals surface area contributed by atoms with E-state index in [1.165, 1.54) is 6.42 Å². The second-order valence-electron chi connectivity index (χ2n) is 6.25. The summed E-state index contributed by atoms with van der Waals surface area (Å²) in [6.07, 6.45) is 3.44. The Kier molecular flexibility index (Phi) is 2.85. The minimum absolute atomic E-state index is 0.142. The number of carbonyl (C=O) groups is 1. The molecule has 0 heterocycles. The lowest BCUT2D eigenvalue weighted by Gasteiger charge is -2.39. The summed E-state index contributed by atoms with van der Waals surface area (Å²) < 4.78 is 4.65. The summed E-state index contributed by atoms with van der Waals surface area (Å²) in [6.45, 7) is 10.2. The van der Waals surface area contributed by atoms with Crippen LogP contribution < -0.4 is 0 Å². The monoisotopic (exact) mass is 238 g/mol. The molecule has 0 saturated heterocycles. The highest BCUT2D eigenvalue weighted by atomic mass is 16.6. The highest BCUT2D eigenvalue weighted by Gasteiger charge is 2.62. The van der Waals surface area contributed by atoms with E-state index in [-0.39, 0.29) is 16.7 Å². The van der Waals surface area contributed by atoms with Gasteiger partial charge in [-0.2, -0.15) is 0 Å². The van der Waals surface area contributed by atoms with E-state index >= 15 is 0 Å². The van der Waals surface area contributed by atoms with E-state index in [4.69, 9.17) is 5.11 Å². The van der Waals surface area contributed by atoms with Gasteiger partial charge in [0.15, 0.2) is 6.79 Å². The molecular formula is C14H22O3. The van der Waals surface area contributed by atoms with Gasteiger partial charge in [0.25, 0.3) is 0 Å². The van der Waals surface area contributed by atoms with Crippen LogP contribution in [0, 0.1) is 22.7 Å². The van der Waals surface area contributed by atoms with Gasteiger partial charge in [0.1, 0.15) is 0 Å². The number of carbonyl (C=O) groups excluding carboxylic acids is 1. The van der Waals surface area contributed by atoms with Crippen LogP contribution in [0.25, 0.3) is 0 Å². The second-order valence-corrected chi connectivity index (χ2v) is 6.25. The largest absolute Gasteiger partial charge is 0.435 e. The maximum Gasteiger partial charge on any atom is 0.335 e. The maximum absolute atomic E-state index is 11.7. The predicted octanol–water partition coefficient (Wildman–Crippen LogP) is 2.50. The zero-order valence-corrected chi connectivity index (χ0v) is 11.0. The molecular weight excluding hydrogens is 216 g/mol. The van der Waals surface area contributed by atoms with Crippen LogP contribution in [-0.2, 0) is 9.53 Å². The second kappa shape index (κ2) is 3.84. The number of fused-ring (bicyclic) bond motifs is 2. The molecule has 1 N–H and O–H groups in total. The van der Waals surface area contributed by atoms with Crippen LogP contribution in [0.5, 0.6) is 0 Å². The summed E-state index contributed by atoms with van der Waals surface area (Å²) in [7, 11) is 0. The van der Waals surface area contributed by atoms with Crippen molar-refractivity contribution in [3.63, 3.8) is 0 Å². The first-order valence-corrected chi connectivity index (χ1v) is 6.31. The molecule has 0 aromatic rings. The number of hydrogen-bond donors (Lipinski definition) is 1. The molecule has 2 saturated carbocycles. The molecule has 2 fully saturated rings. The van der Waals surface area contributed by atoms with Gasteiger partial charge in [-0.25, -0.2) is 4.79 Å². The Balaban J connectivity index is 2.21. The summed E-state index contributed by atoms with van der Waals surface area (Å²) in [5.74, 6) is 0.438. The molecule has 96 valence electrons. The minimum atomic E-state index is -0.561. The van der Waals surface area contributed by atoms with Gasteiger partial charge in [-0.15, -0.1) is 0 Å². The summed E-state index contributed by atoms with van der Waals surface area (Å²) in [6, 6.07) is 0. The third-order valence-electron chi connectivity index (χ3n) is 5.67. The van der Waals surface area contributed by atoms with Gasteiger partial charge in [-0.1, -0.05) is 27.4 Å². The van der Waals surface area contributed by atoms with Gasteiger partial charge in [0, 0.05) is 5.57 Å². The predicted molar refractivity (Wildman–Crippen MR) is 65.0 cm³/mol. The number of aliphatic hydroxyl groups is 1. The molecule has 2 aliphatic carbocycles. The Morgan fingerprint density at radius 2 is 2.12 bits per heavy atom. The van der Waals surface area contributed by atoms with Crippen LogP contribution in [0.2, 0.25) is 0 Å². The van der Waals surface area contributed by atoms with Crippen molar-refractivity contribution in [2.24, 2.45) is 22.7 Å². The van der Waals surface area contributed by atoms with Crippen LogP contribution in [0.4, 0.5) is 0 Å². The van der Waals surface area contributed by atoms with Gasteiger partial charge < -0.3 is 9.84 Å². The number of ether oxygens (including phenoxy) is 1. The molecule has 0 aromatic carbocycles. The number of rotatable bonds is 3. The zero-order valence-electron chi connectivity index (χ0n) is 11.0. The maximum atomic E-state index is 11.7. The summed E-state index contributed by atoms with van der Waals surface area (Å²) in [4.78, 5) is 11.7. The highest BCUT2D eigenvalue weighted by molar-refractivity contribution is 5.88. The van der Waals surface area contributed by atoms with Crippen LogP contribution in [0.15, 0.2) is 12.2 Å². The van der Waals surface area contributed by atoms with Crippen LogP contribution in [0.1, 0.15) is 40.0 Å². The molecule has 0 spiro atoms. The first kappa shape index (κ1) is 12.6. The molecule has 3 nitrogen and oxygen atoms in total. The van der Waals surface area contributed by atoms with Gasteiger partial charge >= 0.3 is 5.97 Å². The molecule has 2 bridgehead atoms. The standard InChI is InChI=1S/C14H22O3/c1-9(12(16)17-8-15)11-7-10-5-6-14(11,4)13(10,2)3/h10-11,15H,1,5-8H2,2-4H3. The Bertz CT molecular complexity index is 358. The van der Waals surface area contributed by atoms with E-state index in [1.54, 1.807) is 0 Å². The van der Waals surface area contributed by atoms with Crippen molar-refractivity contribution in [3.05, 3.63) is 12.2 Å². The quantitative estimate of drug-likeness (QED) is 0.467. The normalized spacial score (nSPS) is 38.1. The smallest absolute Gasteiger partial charge is 0.335 e. The fourth-order valence-electron chi connectivity index (χ4n) is 4.02. The lowest BCUT2D eigenvalue weighted by Crippen LogP contribution is -2.34. The fraction of sp³-hybridized carbons (Fsp3) is 0.786. The molecule has 2 aliphatic rings. The van der Waals surface area contributed by atoms with Crippen molar-refractivity contribution < 1.29 is 14.6 Å². The molecule has 3 heteroatoms. The third-order valence-corrected chi connectivity index (χ3v) is 5.67. The summed E-state index contributed by atoms with van der Waals surface area (Å²) >= 11 is 0. The third kappa shape index (κ3) is 1.55. The molecule has 0 amide bonds. The lowest BCUT2D eigenvalue weighted by molar-refractivity contribution is -0.148. The first-order chi connectivity index (χ1) is 7.84. The van der Waals surface area contributed by atoms with Gasteiger partial charge in [0.05, 0.1) is 0 Å². The van der Waals surface area contributed by atoms with Crippen molar-refractivity contribution in [2.45, 2.75) is 40.0 Å². The van der Waals surface area contributed by atoms with Crippen LogP contribution >= 0.6 is 0 Å². The van der Waals surface area contributed by atoms with E-state index in [0.717, 1.165) is 12.8 Å². The topological polar surface area (TPSA) is 46.5 Å². The average Bonchev–Trinajstić information content (AvgIpc) is 2.60. The van der Waals surface area contributed by atoms with Crippen molar-refractivity contribution >= 4 is 5.97 Å². The van der Waals surface area contributed by atoms with E-state index < -0.39 is 12.8 Å². The lowest BCUT2D eigenvalue weighted by atomic mass is 9.65. The van der Waals surface area contributed by atoms with Crippen molar-refractivity contribution in [1.29, 1.82) is 0 Å². The summed E-state index contributed by atoms with van der Waals surface area (Å²) in [5.41, 5.74) is 0.945. The Labute approximate surface area is 103 Å². The number of aliphatic hydroxyl groups excluding tert-OH is 1. The van der Waals surface area contributed by atoms with Gasteiger partial charge in [-0.05, 0) is 41.9 Å². The molecule has 2 rings (SSSR count). The Morgan fingerprint density at radius 1 is 1.47 bits per heavy atom. The Hall–Kier alpha value is -0.830. The molecule has 0 radical (unpaired) electrons. The van der Waals surface area contributed by atoms with Gasteiger partial charge in [0.2, 0.25) is 0 Å². The SMILES string of the molecule is C=C(C(=O)OCO)C1CC2CCC1(C)C2(C)C. The van der Waals surface area contributed by atoms with Crippen LogP contribution in [-0.4, -0.2) is 17.9 Å². The fourth-order valence-corrected chi connectivity index (χ4v) is 4.02. The average molecular weight is 238 g/mol. The minimum Gasteiger partial charge on any atom is -0.435 e. The Morgan fingerprint density at radius 3 is 2.53 bits per heavy atom. The van der Waals surface area contributed by atoms with E-state index in [0.29, 0.717) is 11.5 Å². The summed E-state index contributed by atoms with van der Waals surface area (Å²) in [5, 5.41) is 8.64. The molecule has 17 heavy (non-hydrogen) atoms. The number of hydrogen-bond acceptors (Lipinski definition) is 3. The van der Waals surface area contributed by atoms with E-state index in [9.17, 15) is 4.79 Å². The van der Waals surface area contributed by atoms with Crippen molar-refractivity contribution in [3.8, 4) is 0 Å². The molecule has 3 unspecified atom stereocenters. The number of esters is 1. The van der Waals surface area contributed by atoms with E-state index in [2.05, 4.69) is 32.1 Å². The van der Waals surface area contributed by atoms with Crippen molar-refractivity contribution in [2.75, 3.05) is 6.79 Å². The molecule has 0 aromatic heterocycles. The van der Waals surface area contributed by atoms with Gasteiger partial charge in [-0.3, -0.25) is 0 Å². The molecule has 0 aliphatic heterocycles. The molecule has 3 atom stereocenters. The zero-order chi connectivity index (χ0) is 12.8. The van der Waals surface area contributed by atoms with E-state index in [1.807, 2.05) is 0 Å². The highest BCUT2D eigenvalue weighted by Crippen LogP contribution is 2.69. The van der Waals surface area contributed by atoms with Crippen LogP contribution in [0.3, 0.4) is 0 Å².